The number of carbonyl (C=O) groups excluding carboxylic acids is 1. The molecule has 1 aromatic rings. The number of oxime groups is 1. The summed E-state index contributed by atoms with van der Waals surface area (Å²) in [6.45, 7) is 8.70. The van der Waals surface area contributed by atoms with E-state index in [-0.39, 0.29) is 70.4 Å². The molecular weight excluding hydrogens is 632 g/mol. The van der Waals surface area contributed by atoms with E-state index in [9.17, 15) is 20.1 Å². The minimum absolute atomic E-state index is 0.0880. The van der Waals surface area contributed by atoms with Crippen LogP contribution in [0.4, 0.5) is 4.79 Å². The number of ether oxygens (including phenoxy) is 5. The smallest absolute Gasteiger partial charge is 0.410 e. The Morgan fingerprint density at radius 3 is 2.47 bits per heavy atom. The summed E-state index contributed by atoms with van der Waals surface area (Å²) < 4.78 is 30.9. The molecule has 1 fully saturated rings. The van der Waals surface area contributed by atoms with Crippen LogP contribution in [0.3, 0.4) is 0 Å². The zero-order valence-corrected chi connectivity index (χ0v) is 29.0. The number of nitrogens with zero attached hydrogens (tertiary/aromatic N) is 2. The Morgan fingerprint density at radius 1 is 1.04 bits per heavy atom. The molecule has 1 amide bonds. The molecule has 4 rings (SSSR count). The van der Waals surface area contributed by atoms with Gasteiger partial charge in [0, 0.05) is 37.7 Å². The van der Waals surface area contributed by atoms with Crippen LogP contribution in [0.5, 0.6) is 11.5 Å². The second-order valence-corrected chi connectivity index (χ2v) is 12.6. The van der Waals surface area contributed by atoms with Gasteiger partial charge in [0.15, 0.2) is 0 Å². The summed E-state index contributed by atoms with van der Waals surface area (Å²) >= 11 is 0. The number of methoxy groups -OCH3 is 1. The molecule has 3 aliphatic rings. The number of aliphatic hydroxyl groups is 3. The fourth-order valence-electron chi connectivity index (χ4n) is 7.82. The summed E-state index contributed by atoms with van der Waals surface area (Å²) in [7, 11) is 2.84. The Hall–Kier alpha value is -3.42. The zero-order valence-electron chi connectivity index (χ0n) is 29.0. The number of hydrogen-bond donors (Lipinski definition) is 3. The number of hydrogen-bond acceptors (Lipinski definition) is 11. The average molecular weight is 687 g/mol. The molecule has 1 aromatic carbocycles. The number of aliphatic hydroxyl groups excluding tert-OH is 3. The van der Waals surface area contributed by atoms with Crippen LogP contribution in [0.25, 0.3) is 0 Å². The van der Waals surface area contributed by atoms with Gasteiger partial charge in [-0.1, -0.05) is 42.8 Å². The molecule has 49 heavy (non-hydrogen) atoms. The molecule has 6 atom stereocenters. The van der Waals surface area contributed by atoms with Crippen molar-refractivity contribution in [1.29, 1.82) is 0 Å². The van der Waals surface area contributed by atoms with Crippen LogP contribution in [0.2, 0.25) is 0 Å². The zero-order chi connectivity index (χ0) is 35.2. The molecule has 272 valence electrons. The standard InChI is InChI=1S/C37H54N2O10/c1-5-19-47-27-13-14-32-30(24-27)34-28(12-8-10-17-41)26(11-7-9-16-40)23-29-31(38-45-4)25-33(37(49-32,35(29)34)48-20-6-2)39(36(43)44-3)15-21-46-22-18-42/h5-6,13-14,23-24,26,28,33-35,40-42H,1-2,7-12,15-22,25H2,3-4H3. The molecule has 1 heterocycles. The summed E-state index contributed by atoms with van der Waals surface area (Å²) in [5, 5.41) is 33.3. The maximum Gasteiger partial charge on any atom is 0.410 e. The van der Waals surface area contributed by atoms with E-state index in [0.29, 0.717) is 36.7 Å². The van der Waals surface area contributed by atoms with E-state index in [4.69, 9.17) is 28.5 Å². The van der Waals surface area contributed by atoms with Crippen molar-refractivity contribution in [2.24, 2.45) is 22.9 Å². The van der Waals surface area contributed by atoms with Gasteiger partial charge in [-0.05, 0) is 61.3 Å². The fraction of sp³-hybridized carbons (Fsp3) is 0.622. The second kappa shape index (κ2) is 19.1. The lowest BCUT2D eigenvalue weighted by atomic mass is 9.55. The lowest BCUT2D eigenvalue weighted by molar-refractivity contribution is -0.255. The van der Waals surface area contributed by atoms with Gasteiger partial charge in [0.05, 0.1) is 45.2 Å². The molecule has 1 aliphatic heterocycles. The van der Waals surface area contributed by atoms with E-state index >= 15 is 0 Å². The number of carbonyl (C=O) groups is 1. The minimum Gasteiger partial charge on any atom is -0.490 e. The lowest BCUT2D eigenvalue weighted by Gasteiger charge is -2.59. The highest BCUT2D eigenvalue weighted by molar-refractivity contribution is 6.02. The molecule has 12 nitrogen and oxygen atoms in total. The summed E-state index contributed by atoms with van der Waals surface area (Å²) in [5.41, 5.74) is 2.58. The van der Waals surface area contributed by atoms with Gasteiger partial charge in [-0.3, -0.25) is 4.90 Å². The Kier molecular flexibility index (Phi) is 15.0. The van der Waals surface area contributed by atoms with Crippen LogP contribution >= 0.6 is 0 Å². The fourth-order valence-corrected chi connectivity index (χ4v) is 7.82. The van der Waals surface area contributed by atoms with Crippen molar-refractivity contribution in [3.8, 4) is 11.5 Å². The highest BCUT2D eigenvalue weighted by Crippen LogP contribution is 2.61. The van der Waals surface area contributed by atoms with Crippen molar-refractivity contribution in [3.63, 3.8) is 0 Å². The molecule has 0 saturated heterocycles. The topological polar surface area (TPSA) is 149 Å². The number of allylic oxidation sites excluding steroid dienone is 1. The monoisotopic (exact) mass is 686 g/mol. The highest BCUT2D eigenvalue weighted by Gasteiger charge is 2.65. The summed E-state index contributed by atoms with van der Waals surface area (Å²) in [5.74, 6) is -0.509. The van der Waals surface area contributed by atoms with E-state index in [0.717, 1.165) is 36.8 Å². The lowest BCUT2D eigenvalue weighted by Crippen LogP contribution is -2.70. The van der Waals surface area contributed by atoms with Gasteiger partial charge in [0.25, 0.3) is 0 Å². The number of rotatable bonds is 21. The van der Waals surface area contributed by atoms with Gasteiger partial charge in [-0.2, -0.15) is 0 Å². The normalized spacial score (nSPS) is 26.1. The van der Waals surface area contributed by atoms with Gasteiger partial charge in [-0.25, -0.2) is 4.79 Å². The Labute approximate surface area is 289 Å². The average Bonchev–Trinajstić information content (AvgIpc) is 3.11. The summed E-state index contributed by atoms with van der Waals surface area (Å²) in [4.78, 5) is 20.6. The maximum absolute atomic E-state index is 13.6. The molecule has 1 saturated carbocycles. The van der Waals surface area contributed by atoms with Gasteiger partial charge in [-0.15, -0.1) is 6.58 Å². The second-order valence-electron chi connectivity index (χ2n) is 12.6. The van der Waals surface area contributed by atoms with Crippen LogP contribution < -0.4 is 9.47 Å². The predicted molar refractivity (Wildman–Crippen MR) is 185 cm³/mol. The molecule has 0 spiro atoms. The van der Waals surface area contributed by atoms with Crippen LogP contribution in [0.15, 0.2) is 60.3 Å². The van der Waals surface area contributed by atoms with Crippen molar-refractivity contribution < 1.29 is 48.6 Å². The summed E-state index contributed by atoms with van der Waals surface area (Å²) in [6.07, 6.45) is 9.98. The molecule has 0 bridgehead atoms. The van der Waals surface area contributed by atoms with Crippen molar-refractivity contribution >= 4 is 11.8 Å². The molecule has 0 radical (unpaired) electrons. The van der Waals surface area contributed by atoms with Crippen LogP contribution in [0.1, 0.15) is 56.4 Å². The number of benzene rings is 1. The number of unbranched alkanes of at least 4 members (excludes halogenated alkanes) is 2. The first-order chi connectivity index (χ1) is 23.9. The van der Waals surface area contributed by atoms with Gasteiger partial charge < -0.3 is 43.8 Å². The van der Waals surface area contributed by atoms with Crippen molar-refractivity contribution in [3.05, 3.63) is 60.7 Å². The van der Waals surface area contributed by atoms with Crippen molar-refractivity contribution in [1.82, 2.24) is 4.90 Å². The predicted octanol–water partition coefficient (Wildman–Crippen LogP) is 4.59. The Bertz CT molecular complexity index is 1300. The first-order valence-electron chi connectivity index (χ1n) is 17.3. The van der Waals surface area contributed by atoms with E-state index in [1.807, 2.05) is 18.2 Å². The van der Waals surface area contributed by atoms with E-state index in [1.165, 1.54) is 14.2 Å². The van der Waals surface area contributed by atoms with E-state index in [2.05, 4.69) is 24.4 Å². The Balaban J connectivity index is 2.00. The molecule has 6 unspecified atom stereocenters. The molecular formula is C37H54N2O10. The molecule has 2 aliphatic carbocycles. The summed E-state index contributed by atoms with van der Waals surface area (Å²) in [6, 6.07) is 5.06. The highest BCUT2D eigenvalue weighted by atomic mass is 16.7. The van der Waals surface area contributed by atoms with Crippen molar-refractivity contribution in [2.75, 3.05) is 67.0 Å². The van der Waals surface area contributed by atoms with Gasteiger partial charge >= 0.3 is 6.09 Å². The molecule has 0 aromatic heterocycles. The third-order valence-electron chi connectivity index (χ3n) is 9.71. The van der Waals surface area contributed by atoms with Crippen LogP contribution in [-0.4, -0.2) is 111 Å². The Morgan fingerprint density at radius 2 is 1.80 bits per heavy atom. The SMILES string of the molecule is C=CCOc1ccc2c(c1)C1C(CCCCO)C(CCCCO)C=C3C(=NOC)CC(N(CCOCCO)C(=O)OC)C(OCC=C)(O2)C31. The third-order valence-corrected chi connectivity index (χ3v) is 9.71. The quantitative estimate of drug-likeness (QED) is 0.0953. The molecule has 12 heteroatoms. The van der Waals surface area contributed by atoms with Crippen LogP contribution in [-0.2, 0) is 19.0 Å². The minimum atomic E-state index is -1.40. The molecule has 3 N–H and O–H groups in total. The van der Waals surface area contributed by atoms with E-state index < -0.39 is 23.8 Å². The van der Waals surface area contributed by atoms with Gasteiger partial charge in [0.2, 0.25) is 5.79 Å². The first kappa shape index (κ1) is 38.4. The third kappa shape index (κ3) is 8.67. The largest absolute Gasteiger partial charge is 0.490 e. The number of amides is 1. The number of fused-ring (bicyclic) bond motifs is 2. The van der Waals surface area contributed by atoms with Crippen molar-refractivity contribution in [2.45, 2.75) is 62.7 Å². The van der Waals surface area contributed by atoms with Gasteiger partial charge in [0.1, 0.15) is 31.3 Å². The maximum atomic E-state index is 13.6. The van der Waals surface area contributed by atoms with E-state index in [1.54, 1.807) is 17.1 Å². The van der Waals surface area contributed by atoms with Crippen LogP contribution in [0, 0.1) is 17.8 Å². The first-order valence-corrected chi connectivity index (χ1v) is 17.3.